The van der Waals surface area contributed by atoms with Crippen LogP contribution in [0.2, 0.25) is 0 Å². The summed E-state index contributed by atoms with van der Waals surface area (Å²) in [7, 11) is -3.41. The van der Waals surface area contributed by atoms with E-state index in [9.17, 15) is 13.2 Å². The highest BCUT2D eigenvalue weighted by molar-refractivity contribution is 7.99. The van der Waals surface area contributed by atoms with Crippen molar-refractivity contribution in [1.29, 1.82) is 0 Å². The van der Waals surface area contributed by atoms with Crippen LogP contribution in [0.5, 0.6) is 0 Å². The molecule has 1 aliphatic carbocycles. The molecular weight excluding hydrogens is 372 g/mol. The Morgan fingerprint density at radius 2 is 2.04 bits per heavy atom. The van der Waals surface area contributed by atoms with Crippen LogP contribution in [0.4, 0.5) is 5.69 Å². The van der Waals surface area contributed by atoms with Gasteiger partial charge in [0.25, 0.3) is 0 Å². The molecular formula is C17H22N4O3S2. The van der Waals surface area contributed by atoms with Gasteiger partial charge in [-0.1, -0.05) is 49.6 Å². The average molecular weight is 395 g/mol. The Bertz CT molecular complexity index is 874. The lowest BCUT2D eigenvalue weighted by molar-refractivity contribution is -0.113. The van der Waals surface area contributed by atoms with E-state index < -0.39 is 9.84 Å². The first-order valence-corrected chi connectivity index (χ1v) is 11.4. The van der Waals surface area contributed by atoms with Gasteiger partial charge < -0.3 is 5.32 Å². The molecule has 1 aliphatic rings. The third kappa shape index (κ3) is 5.07. The SMILES string of the molecule is CS(=O)(=O)c1ccccc1NC(=O)CSc1n[nH]c(CC2CCCC2)n1. The number of aromatic nitrogens is 3. The highest BCUT2D eigenvalue weighted by atomic mass is 32.2. The highest BCUT2D eigenvalue weighted by Crippen LogP contribution is 2.27. The number of rotatable bonds is 7. The molecule has 1 aromatic heterocycles. The maximum Gasteiger partial charge on any atom is 0.234 e. The highest BCUT2D eigenvalue weighted by Gasteiger charge is 2.18. The Balaban J connectivity index is 1.54. The van der Waals surface area contributed by atoms with Crippen molar-refractivity contribution in [1.82, 2.24) is 15.2 Å². The maximum absolute atomic E-state index is 12.2. The summed E-state index contributed by atoms with van der Waals surface area (Å²) in [6, 6.07) is 6.36. The lowest BCUT2D eigenvalue weighted by atomic mass is 10.0. The van der Waals surface area contributed by atoms with Crippen molar-refractivity contribution in [3.63, 3.8) is 0 Å². The standard InChI is InChI=1S/C17H22N4O3S2/c1-26(23,24)14-9-5-4-8-13(14)18-16(22)11-25-17-19-15(20-21-17)10-12-6-2-3-7-12/h4-5,8-9,12H,2-3,6-7,10-11H2,1H3,(H,18,22)(H,19,20,21). The van der Waals surface area contributed by atoms with Crippen LogP contribution in [-0.2, 0) is 21.1 Å². The molecule has 0 aliphatic heterocycles. The molecule has 2 N–H and O–H groups in total. The van der Waals surface area contributed by atoms with Gasteiger partial charge in [0.05, 0.1) is 16.3 Å². The lowest BCUT2D eigenvalue weighted by Crippen LogP contribution is -2.16. The van der Waals surface area contributed by atoms with E-state index in [1.165, 1.54) is 43.5 Å². The fourth-order valence-corrected chi connectivity index (χ4v) is 4.59. The molecule has 140 valence electrons. The fourth-order valence-electron chi connectivity index (χ4n) is 3.13. The van der Waals surface area contributed by atoms with Gasteiger partial charge in [0.2, 0.25) is 11.1 Å². The molecule has 1 aromatic carbocycles. The Labute approximate surface area is 157 Å². The number of hydrogen-bond donors (Lipinski definition) is 2. The molecule has 0 spiro atoms. The van der Waals surface area contributed by atoms with Gasteiger partial charge in [-0.25, -0.2) is 13.4 Å². The van der Waals surface area contributed by atoms with Crippen LogP contribution in [0.3, 0.4) is 0 Å². The minimum atomic E-state index is -3.41. The molecule has 0 radical (unpaired) electrons. The van der Waals surface area contributed by atoms with Gasteiger partial charge >= 0.3 is 0 Å². The van der Waals surface area contributed by atoms with E-state index >= 15 is 0 Å². The number of H-pyrrole nitrogens is 1. The van der Waals surface area contributed by atoms with E-state index in [0.717, 1.165) is 18.5 Å². The van der Waals surface area contributed by atoms with Crippen molar-refractivity contribution in [3.05, 3.63) is 30.1 Å². The molecule has 7 nitrogen and oxygen atoms in total. The Morgan fingerprint density at radius 3 is 2.77 bits per heavy atom. The lowest BCUT2D eigenvalue weighted by Gasteiger charge is -2.08. The molecule has 1 amide bonds. The number of carbonyl (C=O) groups excluding carboxylic acids is 1. The topological polar surface area (TPSA) is 105 Å². The third-order valence-electron chi connectivity index (χ3n) is 4.36. The number of nitrogens with one attached hydrogen (secondary N) is 2. The minimum Gasteiger partial charge on any atom is -0.324 e. The third-order valence-corrected chi connectivity index (χ3v) is 6.36. The van der Waals surface area contributed by atoms with Crippen LogP contribution in [-0.4, -0.2) is 41.5 Å². The molecule has 0 atom stereocenters. The van der Waals surface area contributed by atoms with Gasteiger partial charge in [-0.05, 0) is 18.1 Å². The Morgan fingerprint density at radius 1 is 1.31 bits per heavy atom. The van der Waals surface area contributed by atoms with Crippen molar-refractivity contribution >= 4 is 33.2 Å². The van der Waals surface area contributed by atoms with Gasteiger partial charge in [0.1, 0.15) is 5.82 Å². The second-order valence-corrected chi connectivity index (χ2v) is 9.45. The second kappa shape index (κ2) is 8.22. The molecule has 0 unspecified atom stereocenters. The number of nitrogens with zero attached hydrogens (tertiary/aromatic N) is 2. The average Bonchev–Trinajstić information content (AvgIpc) is 3.25. The van der Waals surface area contributed by atoms with Gasteiger partial charge in [0.15, 0.2) is 9.84 Å². The van der Waals surface area contributed by atoms with Crippen LogP contribution < -0.4 is 5.32 Å². The molecule has 0 saturated heterocycles. The molecule has 1 saturated carbocycles. The predicted octanol–water partition coefficient (Wildman–Crippen LogP) is 2.67. The number of anilines is 1. The zero-order valence-corrected chi connectivity index (χ0v) is 16.2. The molecule has 1 fully saturated rings. The van der Waals surface area contributed by atoms with Crippen molar-refractivity contribution in [3.8, 4) is 0 Å². The monoisotopic (exact) mass is 394 g/mol. The first-order valence-electron chi connectivity index (χ1n) is 8.55. The maximum atomic E-state index is 12.2. The number of carbonyl (C=O) groups is 1. The first-order chi connectivity index (χ1) is 12.4. The smallest absolute Gasteiger partial charge is 0.234 e. The first kappa shape index (κ1) is 18.9. The van der Waals surface area contributed by atoms with E-state index in [1.807, 2.05) is 0 Å². The van der Waals surface area contributed by atoms with Gasteiger partial charge in [-0.2, -0.15) is 0 Å². The summed E-state index contributed by atoms with van der Waals surface area (Å²) >= 11 is 1.22. The van der Waals surface area contributed by atoms with Crippen LogP contribution in [0, 0.1) is 5.92 Å². The number of aromatic amines is 1. The quantitative estimate of drug-likeness (QED) is 0.700. The van der Waals surface area contributed by atoms with Gasteiger partial charge in [-0.15, -0.1) is 5.10 Å². The predicted molar refractivity (Wildman–Crippen MR) is 101 cm³/mol. The summed E-state index contributed by atoms with van der Waals surface area (Å²) in [6.07, 6.45) is 7.08. The van der Waals surface area contributed by atoms with E-state index in [4.69, 9.17) is 0 Å². The summed E-state index contributed by atoms with van der Waals surface area (Å²) in [4.78, 5) is 16.7. The zero-order valence-electron chi connectivity index (χ0n) is 14.6. The van der Waals surface area contributed by atoms with Crippen molar-refractivity contribution in [2.24, 2.45) is 5.92 Å². The van der Waals surface area contributed by atoms with E-state index in [0.29, 0.717) is 11.1 Å². The van der Waals surface area contributed by atoms with E-state index in [2.05, 4.69) is 20.5 Å². The number of thioether (sulfide) groups is 1. The second-order valence-electron chi connectivity index (χ2n) is 6.52. The Hall–Kier alpha value is -1.87. The summed E-state index contributed by atoms with van der Waals surface area (Å²) in [6.45, 7) is 0. The summed E-state index contributed by atoms with van der Waals surface area (Å²) in [5.74, 6) is 1.35. The molecule has 2 aromatic rings. The molecule has 0 bridgehead atoms. The normalized spacial score (nSPS) is 15.3. The molecule has 9 heteroatoms. The van der Waals surface area contributed by atoms with Crippen LogP contribution in [0.25, 0.3) is 0 Å². The molecule has 1 heterocycles. The number of sulfone groups is 1. The largest absolute Gasteiger partial charge is 0.324 e. The molecule has 26 heavy (non-hydrogen) atoms. The van der Waals surface area contributed by atoms with Crippen LogP contribution in [0.1, 0.15) is 31.5 Å². The summed E-state index contributed by atoms with van der Waals surface area (Å²) in [5, 5.41) is 10.3. The summed E-state index contributed by atoms with van der Waals surface area (Å²) in [5.41, 5.74) is 0.289. The van der Waals surface area contributed by atoms with Gasteiger partial charge in [0, 0.05) is 12.7 Å². The zero-order chi connectivity index (χ0) is 18.6. The number of hydrogen-bond acceptors (Lipinski definition) is 6. The molecule has 3 rings (SSSR count). The van der Waals surface area contributed by atoms with Crippen molar-refractivity contribution in [2.45, 2.75) is 42.2 Å². The van der Waals surface area contributed by atoms with E-state index in [1.54, 1.807) is 18.2 Å². The fraction of sp³-hybridized carbons (Fsp3) is 0.471. The van der Waals surface area contributed by atoms with E-state index in [-0.39, 0.29) is 22.2 Å². The number of amides is 1. The summed E-state index contributed by atoms with van der Waals surface area (Å²) < 4.78 is 23.6. The number of para-hydroxylation sites is 1. The van der Waals surface area contributed by atoms with Crippen molar-refractivity contribution in [2.75, 3.05) is 17.3 Å². The van der Waals surface area contributed by atoms with Crippen LogP contribution >= 0.6 is 11.8 Å². The Kier molecular flexibility index (Phi) is 5.98. The van der Waals surface area contributed by atoms with Gasteiger partial charge in [-0.3, -0.25) is 9.89 Å². The van der Waals surface area contributed by atoms with Crippen molar-refractivity contribution < 1.29 is 13.2 Å². The van der Waals surface area contributed by atoms with Crippen LogP contribution in [0.15, 0.2) is 34.3 Å². The number of benzene rings is 1. The minimum absolute atomic E-state index is 0.107.